The van der Waals surface area contributed by atoms with Crippen LogP contribution in [0.25, 0.3) is 0 Å². The Bertz CT molecular complexity index is 610. The van der Waals surface area contributed by atoms with Crippen molar-refractivity contribution < 1.29 is 28.6 Å². The summed E-state index contributed by atoms with van der Waals surface area (Å²) in [7, 11) is -0.783. The van der Waals surface area contributed by atoms with Gasteiger partial charge >= 0.3 is 7.12 Å². The van der Waals surface area contributed by atoms with Gasteiger partial charge in [-0.3, -0.25) is 0 Å². The van der Waals surface area contributed by atoms with Crippen LogP contribution in [0.5, 0.6) is 0 Å². The number of hydrogen-bond acceptors (Lipinski definition) is 6. The molecule has 6 nitrogen and oxygen atoms in total. The van der Waals surface area contributed by atoms with Crippen LogP contribution >= 0.6 is 0 Å². The lowest BCUT2D eigenvalue weighted by Gasteiger charge is -2.32. The molecule has 1 aromatic carbocycles. The summed E-state index contributed by atoms with van der Waals surface area (Å²) in [5.41, 5.74) is -0.311. The van der Waals surface area contributed by atoms with Crippen LogP contribution in [0.1, 0.15) is 27.7 Å². The third-order valence-corrected chi connectivity index (χ3v) is 5.01. The molecule has 0 bridgehead atoms. The zero-order valence-corrected chi connectivity index (χ0v) is 14.3. The maximum absolute atomic E-state index is 14.6. The van der Waals surface area contributed by atoms with Crippen molar-refractivity contribution in [1.82, 2.24) is 0 Å². The minimum absolute atomic E-state index is 0.206. The molecule has 3 rings (SSSR count). The van der Waals surface area contributed by atoms with Crippen LogP contribution in [-0.4, -0.2) is 54.2 Å². The highest BCUT2D eigenvalue weighted by atomic mass is 19.1. The number of hydrogen-bond donors (Lipinski definition) is 2. The number of ether oxygens (including phenoxy) is 1. The second-order valence-electron chi connectivity index (χ2n) is 7.21. The average Bonchev–Trinajstić information content (AvgIpc) is 2.96. The van der Waals surface area contributed by atoms with Gasteiger partial charge in [0.25, 0.3) is 0 Å². The van der Waals surface area contributed by atoms with Crippen LogP contribution in [0.2, 0.25) is 0 Å². The molecule has 132 valence electrons. The molecule has 0 aliphatic carbocycles. The van der Waals surface area contributed by atoms with E-state index in [9.17, 15) is 9.50 Å². The van der Waals surface area contributed by atoms with E-state index in [1.807, 2.05) is 27.7 Å². The number of aliphatic hydroxyl groups is 2. The van der Waals surface area contributed by atoms with Crippen molar-refractivity contribution in [3.05, 3.63) is 24.0 Å². The van der Waals surface area contributed by atoms with Crippen LogP contribution in [0.4, 0.5) is 10.1 Å². The van der Waals surface area contributed by atoms with Gasteiger partial charge in [0.1, 0.15) is 11.9 Å². The molecule has 2 saturated heterocycles. The Hall–Kier alpha value is -1.19. The van der Waals surface area contributed by atoms with Crippen molar-refractivity contribution in [1.29, 1.82) is 0 Å². The minimum Gasteiger partial charge on any atom is -0.399 e. The van der Waals surface area contributed by atoms with Gasteiger partial charge in [-0.2, -0.15) is 0 Å². The molecule has 2 N–H and O–H groups in total. The number of halogens is 1. The number of anilines is 1. The normalized spacial score (nSPS) is 28.6. The topological polar surface area (TPSA) is 71.4 Å². The molecule has 2 aliphatic rings. The molecule has 0 radical (unpaired) electrons. The maximum Gasteiger partial charge on any atom is 0.497 e. The highest BCUT2D eigenvalue weighted by molar-refractivity contribution is 6.62. The van der Waals surface area contributed by atoms with E-state index in [1.165, 1.54) is 11.0 Å². The first kappa shape index (κ1) is 17.6. The summed E-state index contributed by atoms with van der Waals surface area (Å²) in [5, 5.41) is 19.0. The number of rotatable bonds is 3. The molecule has 0 saturated carbocycles. The van der Waals surface area contributed by atoms with E-state index in [-0.39, 0.29) is 13.2 Å². The van der Waals surface area contributed by atoms with Crippen LogP contribution in [0.15, 0.2) is 18.2 Å². The van der Waals surface area contributed by atoms with Crippen LogP contribution < -0.4 is 10.4 Å². The Morgan fingerprint density at radius 1 is 1.25 bits per heavy atom. The Kier molecular flexibility index (Phi) is 4.38. The Morgan fingerprint density at radius 3 is 2.38 bits per heavy atom. The number of aliphatic hydroxyl groups excluding tert-OH is 2. The van der Waals surface area contributed by atoms with Gasteiger partial charge in [0.05, 0.1) is 24.4 Å². The molecule has 2 heterocycles. The van der Waals surface area contributed by atoms with Crippen LogP contribution in [0.3, 0.4) is 0 Å². The van der Waals surface area contributed by atoms with Crippen molar-refractivity contribution in [2.75, 3.05) is 18.1 Å². The monoisotopic (exact) mass is 339 g/mol. The summed E-state index contributed by atoms with van der Waals surface area (Å²) in [6.07, 6.45) is -1.70. The minimum atomic E-state index is -1.20. The molecule has 8 heteroatoms. The summed E-state index contributed by atoms with van der Waals surface area (Å²) < 4.78 is 31.5. The molecule has 2 fully saturated rings. The van der Waals surface area contributed by atoms with E-state index in [4.69, 9.17) is 19.2 Å². The van der Waals surface area contributed by atoms with Gasteiger partial charge in [-0.15, -0.1) is 0 Å². The molecule has 0 aromatic heterocycles. The highest BCUT2D eigenvalue weighted by Crippen LogP contribution is 2.37. The standard InChI is InChI=1S/C16H23BFNO5/c1-15(2)16(3,4)24-17(23-15)12-6-5-10(7-13(12)18)19-8-11(9-20)22-14(19)21/h5-7,11,14,20-21H,8-9H2,1-4H3. The van der Waals surface area contributed by atoms with E-state index in [2.05, 4.69) is 0 Å². The van der Waals surface area contributed by atoms with Gasteiger partial charge < -0.3 is 29.2 Å². The smallest absolute Gasteiger partial charge is 0.399 e. The fourth-order valence-corrected chi connectivity index (χ4v) is 2.79. The molecule has 2 atom stereocenters. The van der Waals surface area contributed by atoms with Gasteiger partial charge in [0.2, 0.25) is 6.41 Å². The fourth-order valence-electron chi connectivity index (χ4n) is 2.79. The van der Waals surface area contributed by atoms with E-state index < -0.39 is 36.7 Å². The highest BCUT2D eigenvalue weighted by Gasteiger charge is 2.52. The van der Waals surface area contributed by atoms with Crippen molar-refractivity contribution in [3.8, 4) is 0 Å². The molecule has 2 unspecified atom stereocenters. The molecule has 24 heavy (non-hydrogen) atoms. The lowest BCUT2D eigenvalue weighted by molar-refractivity contribution is -0.0989. The zero-order valence-electron chi connectivity index (χ0n) is 14.3. The van der Waals surface area contributed by atoms with E-state index in [1.54, 1.807) is 12.1 Å². The largest absolute Gasteiger partial charge is 0.497 e. The van der Waals surface area contributed by atoms with Gasteiger partial charge in [-0.1, -0.05) is 6.07 Å². The van der Waals surface area contributed by atoms with E-state index in [0.717, 1.165) is 0 Å². The number of nitrogens with zero attached hydrogens (tertiary/aromatic N) is 1. The Balaban J connectivity index is 1.82. The first-order chi connectivity index (χ1) is 11.1. The first-order valence-electron chi connectivity index (χ1n) is 8.01. The first-order valence-corrected chi connectivity index (χ1v) is 8.01. The van der Waals surface area contributed by atoms with E-state index in [0.29, 0.717) is 11.2 Å². The average molecular weight is 339 g/mol. The third-order valence-electron chi connectivity index (χ3n) is 5.01. The van der Waals surface area contributed by atoms with E-state index >= 15 is 0 Å². The van der Waals surface area contributed by atoms with Gasteiger partial charge in [0, 0.05) is 11.2 Å². The zero-order chi connectivity index (χ0) is 17.7. The van der Waals surface area contributed by atoms with Gasteiger partial charge in [-0.05, 0) is 39.8 Å². The Morgan fingerprint density at radius 2 is 1.88 bits per heavy atom. The molecule has 0 spiro atoms. The maximum atomic E-state index is 14.6. The molecular weight excluding hydrogens is 316 g/mol. The predicted molar refractivity (Wildman–Crippen MR) is 87.4 cm³/mol. The van der Waals surface area contributed by atoms with Crippen LogP contribution in [-0.2, 0) is 14.0 Å². The SMILES string of the molecule is CC1(C)OB(c2ccc(N3CC(CO)OC3O)cc2F)OC1(C)C. The second-order valence-corrected chi connectivity index (χ2v) is 7.21. The summed E-state index contributed by atoms with van der Waals surface area (Å²) in [5.74, 6) is -0.481. The lowest BCUT2D eigenvalue weighted by atomic mass is 9.78. The molecular formula is C16H23BFNO5. The summed E-state index contributed by atoms with van der Waals surface area (Å²) >= 11 is 0. The molecule has 0 amide bonds. The summed E-state index contributed by atoms with van der Waals surface area (Å²) in [6.45, 7) is 7.71. The van der Waals surface area contributed by atoms with Crippen molar-refractivity contribution in [2.45, 2.75) is 51.4 Å². The lowest BCUT2D eigenvalue weighted by Crippen LogP contribution is -2.41. The fraction of sp³-hybridized carbons (Fsp3) is 0.625. The summed E-state index contributed by atoms with van der Waals surface area (Å²) in [4.78, 5) is 1.48. The number of benzene rings is 1. The Labute approximate surface area is 141 Å². The van der Waals surface area contributed by atoms with Gasteiger partial charge in [0.15, 0.2) is 0 Å². The second kappa shape index (κ2) is 5.96. The molecule has 2 aliphatic heterocycles. The summed E-state index contributed by atoms with van der Waals surface area (Å²) in [6, 6.07) is 4.58. The van der Waals surface area contributed by atoms with Crippen LogP contribution in [0, 0.1) is 5.82 Å². The van der Waals surface area contributed by atoms with Crippen molar-refractivity contribution in [2.24, 2.45) is 0 Å². The molecule has 1 aromatic rings. The van der Waals surface area contributed by atoms with Crippen molar-refractivity contribution >= 4 is 18.3 Å². The predicted octanol–water partition coefficient (Wildman–Crippen LogP) is 0.598. The third kappa shape index (κ3) is 2.93. The van der Waals surface area contributed by atoms with Gasteiger partial charge in [-0.25, -0.2) is 4.39 Å². The quantitative estimate of drug-likeness (QED) is 0.786. The van der Waals surface area contributed by atoms with Crippen molar-refractivity contribution in [3.63, 3.8) is 0 Å².